The lowest BCUT2D eigenvalue weighted by molar-refractivity contribution is -0.384. The molecule has 2 aromatic carbocycles. The zero-order valence-electron chi connectivity index (χ0n) is 17.0. The first kappa shape index (κ1) is 21.4. The van der Waals surface area contributed by atoms with E-state index < -0.39 is 4.92 Å². The van der Waals surface area contributed by atoms with E-state index in [9.17, 15) is 19.7 Å². The number of aryl methyl sites for hydroxylation is 1. The van der Waals surface area contributed by atoms with Crippen LogP contribution < -0.4 is 5.32 Å². The van der Waals surface area contributed by atoms with Crippen molar-refractivity contribution < 1.29 is 14.5 Å². The number of anilines is 1. The van der Waals surface area contributed by atoms with E-state index in [0.717, 1.165) is 18.7 Å². The molecule has 1 aliphatic heterocycles. The summed E-state index contributed by atoms with van der Waals surface area (Å²) in [4.78, 5) is 39.0. The molecule has 0 aliphatic carbocycles. The number of nitrogens with zero attached hydrogens (tertiary/aromatic N) is 3. The highest BCUT2D eigenvalue weighted by molar-refractivity contribution is 5.91. The Balaban J connectivity index is 1.39. The predicted molar refractivity (Wildman–Crippen MR) is 114 cm³/mol. The highest BCUT2D eigenvalue weighted by Crippen LogP contribution is 2.17. The topological polar surface area (TPSA) is 95.8 Å². The maximum absolute atomic E-state index is 12.5. The Hall–Kier alpha value is -3.26. The number of rotatable bonds is 7. The molecule has 0 unspecified atom stereocenters. The van der Waals surface area contributed by atoms with Gasteiger partial charge in [0.1, 0.15) is 0 Å². The third kappa shape index (κ3) is 6.12. The van der Waals surface area contributed by atoms with E-state index in [1.807, 2.05) is 36.1 Å². The summed E-state index contributed by atoms with van der Waals surface area (Å²) in [5, 5.41) is 13.5. The number of nitro benzene ring substituents is 1. The number of hydrogen-bond donors (Lipinski definition) is 1. The van der Waals surface area contributed by atoms with E-state index in [2.05, 4.69) is 10.2 Å². The van der Waals surface area contributed by atoms with Gasteiger partial charge in [-0.2, -0.15) is 0 Å². The van der Waals surface area contributed by atoms with E-state index in [1.165, 1.54) is 17.7 Å². The molecule has 8 heteroatoms. The van der Waals surface area contributed by atoms with Crippen LogP contribution in [0.4, 0.5) is 11.4 Å². The van der Waals surface area contributed by atoms with Crippen molar-refractivity contribution in [3.63, 3.8) is 0 Å². The normalized spacial score (nSPS) is 14.4. The van der Waals surface area contributed by atoms with E-state index in [-0.39, 0.29) is 17.5 Å². The van der Waals surface area contributed by atoms with E-state index in [1.54, 1.807) is 12.1 Å². The SMILES string of the molecule is Cc1ccc(CC(=O)N2CCN(CCC(=O)Nc3cccc([N+](=O)[O-])c3)CC2)cc1. The smallest absolute Gasteiger partial charge is 0.271 e. The summed E-state index contributed by atoms with van der Waals surface area (Å²) < 4.78 is 0. The van der Waals surface area contributed by atoms with Crippen molar-refractivity contribution in [2.75, 3.05) is 38.0 Å². The lowest BCUT2D eigenvalue weighted by Crippen LogP contribution is -2.49. The fourth-order valence-corrected chi connectivity index (χ4v) is 3.39. The molecule has 2 amide bonds. The largest absolute Gasteiger partial charge is 0.340 e. The van der Waals surface area contributed by atoms with Crippen molar-refractivity contribution in [2.45, 2.75) is 19.8 Å². The van der Waals surface area contributed by atoms with Gasteiger partial charge in [-0.1, -0.05) is 35.9 Å². The third-order valence-electron chi connectivity index (χ3n) is 5.20. The van der Waals surface area contributed by atoms with Gasteiger partial charge in [0.2, 0.25) is 11.8 Å². The molecule has 0 aromatic heterocycles. The van der Waals surface area contributed by atoms with Crippen molar-refractivity contribution in [2.24, 2.45) is 0 Å². The van der Waals surface area contributed by atoms with E-state index in [4.69, 9.17) is 0 Å². The molecule has 0 saturated carbocycles. The highest BCUT2D eigenvalue weighted by atomic mass is 16.6. The number of nitro groups is 1. The van der Waals surface area contributed by atoms with Crippen LogP contribution in [0.25, 0.3) is 0 Å². The van der Waals surface area contributed by atoms with Crippen LogP contribution in [0.5, 0.6) is 0 Å². The molecule has 1 aliphatic rings. The van der Waals surface area contributed by atoms with Crippen LogP contribution in [0.15, 0.2) is 48.5 Å². The number of hydrogen-bond acceptors (Lipinski definition) is 5. The summed E-state index contributed by atoms with van der Waals surface area (Å²) in [6, 6.07) is 13.9. The van der Waals surface area contributed by atoms with Crippen LogP contribution in [0, 0.1) is 17.0 Å². The van der Waals surface area contributed by atoms with Gasteiger partial charge in [-0.15, -0.1) is 0 Å². The average Bonchev–Trinajstić information content (AvgIpc) is 2.74. The maximum Gasteiger partial charge on any atom is 0.271 e. The van der Waals surface area contributed by atoms with Gasteiger partial charge in [-0.05, 0) is 18.6 Å². The second kappa shape index (κ2) is 9.98. The summed E-state index contributed by atoms with van der Waals surface area (Å²) >= 11 is 0. The minimum absolute atomic E-state index is 0.0563. The molecule has 1 fully saturated rings. The molecule has 158 valence electrons. The Bertz CT molecular complexity index is 906. The number of benzene rings is 2. The van der Waals surface area contributed by atoms with Crippen LogP contribution in [-0.4, -0.2) is 59.3 Å². The molecule has 30 heavy (non-hydrogen) atoms. The molecule has 1 saturated heterocycles. The second-order valence-electron chi connectivity index (χ2n) is 7.49. The summed E-state index contributed by atoms with van der Waals surface area (Å²) in [6.45, 7) is 5.36. The van der Waals surface area contributed by atoms with Crippen molar-refractivity contribution >= 4 is 23.2 Å². The fraction of sp³-hybridized carbons (Fsp3) is 0.364. The maximum atomic E-state index is 12.5. The average molecular weight is 410 g/mol. The Morgan fingerprint density at radius 2 is 1.77 bits per heavy atom. The first-order chi connectivity index (χ1) is 14.4. The van der Waals surface area contributed by atoms with Crippen molar-refractivity contribution in [3.8, 4) is 0 Å². The van der Waals surface area contributed by atoms with E-state index in [0.29, 0.717) is 38.2 Å². The molecule has 8 nitrogen and oxygen atoms in total. The molecule has 0 spiro atoms. The molecule has 1 heterocycles. The number of amides is 2. The zero-order valence-corrected chi connectivity index (χ0v) is 17.0. The van der Waals surface area contributed by atoms with Gasteiger partial charge < -0.3 is 10.2 Å². The first-order valence-electron chi connectivity index (χ1n) is 10.0. The van der Waals surface area contributed by atoms with Gasteiger partial charge in [0, 0.05) is 57.0 Å². The number of piperazine rings is 1. The summed E-state index contributed by atoms with van der Waals surface area (Å²) in [5.41, 5.74) is 2.56. The quantitative estimate of drug-likeness (QED) is 0.559. The monoisotopic (exact) mass is 410 g/mol. The Labute approximate surface area is 175 Å². The Kier molecular flexibility index (Phi) is 7.13. The van der Waals surface area contributed by atoms with Gasteiger partial charge >= 0.3 is 0 Å². The van der Waals surface area contributed by atoms with Crippen molar-refractivity contribution in [1.82, 2.24) is 9.80 Å². The summed E-state index contributed by atoms with van der Waals surface area (Å²) in [7, 11) is 0. The molecule has 0 atom stereocenters. The van der Waals surface area contributed by atoms with Crippen molar-refractivity contribution in [3.05, 3.63) is 69.8 Å². The molecule has 3 rings (SSSR count). The number of non-ortho nitro benzene ring substituents is 1. The molecule has 2 aromatic rings. The minimum atomic E-state index is -0.491. The molecule has 1 N–H and O–H groups in total. The number of carbonyl (C=O) groups excluding carboxylic acids is 2. The zero-order chi connectivity index (χ0) is 21.5. The molecular weight excluding hydrogens is 384 g/mol. The van der Waals surface area contributed by atoms with Gasteiger partial charge in [0.25, 0.3) is 5.69 Å². The Morgan fingerprint density at radius 1 is 1.07 bits per heavy atom. The summed E-state index contributed by atoms with van der Waals surface area (Å²) in [6.07, 6.45) is 0.700. The van der Waals surface area contributed by atoms with Crippen LogP contribution in [0.3, 0.4) is 0 Å². The predicted octanol–water partition coefficient (Wildman–Crippen LogP) is 2.62. The molecular formula is C22H26N4O4. The molecule has 0 bridgehead atoms. The van der Waals surface area contributed by atoms with Crippen LogP contribution >= 0.6 is 0 Å². The van der Waals surface area contributed by atoms with E-state index >= 15 is 0 Å². The van der Waals surface area contributed by atoms with Crippen molar-refractivity contribution in [1.29, 1.82) is 0 Å². The Morgan fingerprint density at radius 3 is 2.43 bits per heavy atom. The first-order valence-corrected chi connectivity index (χ1v) is 10.0. The highest BCUT2D eigenvalue weighted by Gasteiger charge is 2.21. The number of carbonyl (C=O) groups is 2. The summed E-state index contributed by atoms with van der Waals surface area (Å²) in [5.74, 6) is -0.0599. The standard InChI is InChI=1S/C22H26N4O4/c1-17-5-7-18(8-6-17)15-22(28)25-13-11-24(12-14-25)10-9-21(27)23-19-3-2-4-20(16-19)26(29)30/h2-8,16H,9-15H2,1H3,(H,23,27). The minimum Gasteiger partial charge on any atom is -0.340 e. The fourth-order valence-electron chi connectivity index (χ4n) is 3.39. The second-order valence-corrected chi connectivity index (χ2v) is 7.49. The number of nitrogens with one attached hydrogen (secondary N) is 1. The lowest BCUT2D eigenvalue weighted by atomic mass is 10.1. The van der Waals surface area contributed by atoms with Gasteiger partial charge in [0.15, 0.2) is 0 Å². The lowest BCUT2D eigenvalue weighted by Gasteiger charge is -2.34. The molecule has 0 radical (unpaired) electrons. The third-order valence-corrected chi connectivity index (χ3v) is 5.20. The van der Waals surface area contributed by atoms with Crippen LogP contribution in [0.1, 0.15) is 17.5 Å². The van der Waals surface area contributed by atoms with Gasteiger partial charge in [-0.3, -0.25) is 24.6 Å². The van der Waals surface area contributed by atoms with Gasteiger partial charge in [-0.25, -0.2) is 0 Å². The van der Waals surface area contributed by atoms with Crippen LogP contribution in [0.2, 0.25) is 0 Å². The van der Waals surface area contributed by atoms with Gasteiger partial charge in [0.05, 0.1) is 11.3 Å². The van der Waals surface area contributed by atoms with Crippen LogP contribution in [-0.2, 0) is 16.0 Å².